The standard InChI is InChI=1S/C17H15FN6O/c1-9-4-6-10(7-5-9)22-17-12(19)13(15(20)25)23-16(24-17)11-3-2-8-21-14(11)18/h2-8H,19H2,1H3,(H2,20,25)(H,22,23,24). The number of halogens is 1. The van der Waals surface area contributed by atoms with Crippen LogP contribution in [0.4, 0.5) is 21.6 Å². The number of hydrogen-bond donors (Lipinski definition) is 3. The van der Waals surface area contributed by atoms with Gasteiger partial charge in [-0.3, -0.25) is 4.79 Å². The normalized spacial score (nSPS) is 10.5. The van der Waals surface area contributed by atoms with Crippen LogP contribution in [-0.2, 0) is 0 Å². The molecular formula is C17H15FN6O. The van der Waals surface area contributed by atoms with Crippen LogP contribution in [0, 0.1) is 12.9 Å². The maximum absolute atomic E-state index is 14.0. The van der Waals surface area contributed by atoms with E-state index in [4.69, 9.17) is 11.5 Å². The molecule has 1 aromatic carbocycles. The number of nitrogen functional groups attached to an aromatic ring is 1. The highest BCUT2D eigenvalue weighted by molar-refractivity contribution is 5.99. The topological polar surface area (TPSA) is 120 Å². The van der Waals surface area contributed by atoms with Crippen molar-refractivity contribution in [1.82, 2.24) is 15.0 Å². The molecule has 8 heteroatoms. The SMILES string of the molecule is Cc1ccc(Nc2nc(-c3cccnc3F)nc(C(N)=O)c2N)cc1. The number of aromatic nitrogens is 3. The number of rotatable bonds is 4. The van der Waals surface area contributed by atoms with E-state index in [9.17, 15) is 9.18 Å². The Morgan fingerprint density at radius 2 is 1.88 bits per heavy atom. The van der Waals surface area contributed by atoms with Crippen LogP contribution < -0.4 is 16.8 Å². The van der Waals surface area contributed by atoms with E-state index >= 15 is 0 Å². The number of nitrogens with one attached hydrogen (secondary N) is 1. The molecule has 7 nitrogen and oxygen atoms in total. The van der Waals surface area contributed by atoms with Crippen molar-refractivity contribution in [2.24, 2.45) is 5.73 Å². The smallest absolute Gasteiger partial charge is 0.269 e. The van der Waals surface area contributed by atoms with Crippen LogP contribution in [-0.4, -0.2) is 20.9 Å². The number of carbonyl (C=O) groups excluding carboxylic acids is 1. The Bertz CT molecular complexity index is 942. The van der Waals surface area contributed by atoms with Gasteiger partial charge in [0.1, 0.15) is 5.69 Å². The van der Waals surface area contributed by atoms with Crippen LogP contribution in [0.2, 0.25) is 0 Å². The molecule has 2 aromatic heterocycles. The van der Waals surface area contributed by atoms with Gasteiger partial charge in [0.15, 0.2) is 17.3 Å². The second kappa shape index (κ2) is 6.52. The summed E-state index contributed by atoms with van der Waals surface area (Å²) in [5.41, 5.74) is 12.9. The first kappa shape index (κ1) is 16.3. The van der Waals surface area contributed by atoms with Gasteiger partial charge in [-0.25, -0.2) is 15.0 Å². The molecule has 0 spiro atoms. The molecule has 1 amide bonds. The molecule has 0 aliphatic rings. The minimum absolute atomic E-state index is 0.0128. The van der Waals surface area contributed by atoms with Crippen molar-refractivity contribution in [2.75, 3.05) is 11.1 Å². The minimum atomic E-state index is -0.836. The Hall–Kier alpha value is -3.55. The zero-order valence-corrected chi connectivity index (χ0v) is 13.3. The van der Waals surface area contributed by atoms with Gasteiger partial charge in [0.2, 0.25) is 5.95 Å². The number of carbonyl (C=O) groups is 1. The number of benzene rings is 1. The Labute approximate surface area is 142 Å². The van der Waals surface area contributed by atoms with E-state index in [-0.39, 0.29) is 28.6 Å². The third-order valence-electron chi connectivity index (χ3n) is 3.49. The molecule has 0 atom stereocenters. The zero-order valence-electron chi connectivity index (χ0n) is 13.3. The lowest BCUT2D eigenvalue weighted by Crippen LogP contribution is -2.18. The molecule has 25 heavy (non-hydrogen) atoms. The fourth-order valence-electron chi connectivity index (χ4n) is 2.20. The molecule has 0 aliphatic heterocycles. The molecule has 0 unspecified atom stereocenters. The van der Waals surface area contributed by atoms with Gasteiger partial charge < -0.3 is 16.8 Å². The van der Waals surface area contributed by atoms with Crippen molar-refractivity contribution >= 4 is 23.1 Å². The number of aryl methyl sites for hydroxylation is 1. The molecule has 126 valence electrons. The fourth-order valence-corrected chi connectivity index (χ4v) is 2.20. The van der Waals surface area contributed by atoms with Crippen molar-refractivity contribution in [2.45, 2.75) is 6.92 Å². The molecule has 0 fully saturated rings. The molecule has 0 radical (unpaired) electrons. The predicted octanol–water partition coefficient (Wildman–Crippen LogP) is 2.41. The molecule has 0 saturated carbocycles. The van der Waals surface area contributed by atoms with Crippen molar-refractivity contribution in [3.8, 4) is 11.4 Å². The Morgan fingerprint density at radius 1 is 1.16 bits per heavy atom. The maximum Gasteiger partial charge on any atom is 0.269 e. The van der Waals surface area contributed by atoms with Gasteiger partial charge in [-0.05, 0) is 31.2 Å². The number of anilines is 3. The third kappa shape index (κ3) is 3.37. The monoisotopic (exact) mass is 338 g/mol. The van der Waals surface area contributed by atoms with E-state index in [1.165, 1.54) is 18.3 Å². The van der Waals surface area contributed by atoms with Crippen LogP contribution in [0.1, 0.15) is 16.1 Å². The quantitative estimate of drug-likeness (QED) is 0.628. The number of amides is 1. The van der Waals surface area contributed by atoms with Gasteiger partial charge in [-0.15, -0.1) is 0 Å². The molecular weight excluding hydrogens is 323 g/mol. The number of primary amides is 1. The van der Waals surface area contributed by atoms with Crippen LogP contribution in [0.5, 0.6) is 0 Å². The van der Waals surface area contributed by atoms with E-state index in [0.717, 1.165) is 5.56 Å². The van der Waals surface area contributed by atoms with Gasteiger partial charge in [0.05, 0.1) is 5.56 Å². The molecule has 2 heterocycles. The highest BCUT2D eigenvalue weighted by Gasteiger charge is 2.19. The van der Waals surface area contributed by atoms with E-state index in [1.807, 2.05) is 31.2 Å². The number of nitrogens with zero attached hydrogens (tertiary/aromatic N) is 3. The van der Waals surface area contributed by atoms with Crippen LogP contribution in [0.3, 0.4) is 0 Å². The maximum atomic E-state index is 14.0. The lowest BCUT2D eigenvalue weighted by Gasteiger charge is -2.13. The number of hydrogen-bond acceptors (Lipinski definition) is 6. The summed E-state index contributed by atoms with van der Waals surface area (Å²) in [6, 6.07) is 10.4. The zero-order chi connectivity index (χ0) is 18.0. The summed E-state index contributed by atoms with van der Waals surface area (Å²) in [5.74, 6) is -1.48. The summed E-state index contributed by atoms with van der Waals surface area (Å²) < 4.78 is 14.0. The highest BCUT2D eigenvalue weighted by atomic mass is 19.1. The lowest BCUT2D eigenvalue weighted by atomic mass is 10.2. The van der Waals surface area contributed by atoms with Gasteiger partial charge in [-0.2, -0.15) is 4.39 Å². The summed E-state index contributed by atoms with van der Waals surface area (Å²) in [6.45, 7) is 1.96. The van der Waals surface area contributed by atoms with Crippen molar-refractivity contribution in [3.63, 3.8) is 0 Å². The molecule has 3 aromatic rings. The minimum Gasteiger partial charge on any atom is -0.394 e. The highest BCUT2D eigenvalue weighted by Crippen LogP contribution is 2.27. The van der Waals surface area contributed by atoms with Gasteiger partial charge in [0.25, 0.3) is 5.91 Å². The van der Waals surface area contributed by atoms with E-state index in [2.05, 4.69) is 20.3 Å². The summed E-state index contributed by atoms with van der Waals surface area (Å²) in [6.07, 6.45) is 1.30. The molecule has 0 bridgehead atoms. The summed E-state index contributed by atoms with van der Waals surface area (Å²) in [5, 5.41) is 3.00. The van der Waals surface area contributed by atoms with E-state index in [1.54, 1.807) is 0 Å². The summed E-state index contributed by atoms with van der Waals surface area (Å²) in [7, 11) is 0. The Kier molecular flexibility index (Phi) is 4.25. The Morgan fingerprint density at radius 3 is 2.52 bits per heavy atom. The average Bonchev–Trinajstić information content (AvgIpc) is 2.59. The van der Waals surface area contributed by atoms with Crippen LogP contribution in [0.15, 0.2) is 42.6 Å². The summed E-state index contributed by atoms with van der Waals surface area (Å²) >= 11 is 0. The van der Waals surface area contributed by atoms with Crippen molar-refractivity contribution in [3.05, 3.63) is 59.8 Å². The van der Waals surface area contributed by atoms with Gasteiger partial charge in [0, 0.05) is 11.9 Å². The fraction of sp³-hybridized carbons (Fsp3) is 0.0588. The molecule has 0 saturated heterocycles. The van der Waals surface area contributed by atoms with E-state index < -0.39 is 11.9 Å². The lowest BCUT2D eigenvalue weighted by molar-refractivity contribution is 0.0996. The van der Waals surface area contributed by atoms with Gasteiger partial charge >= 0.3 is 0 Å². The van der Waals surface area contributed by atoms with Crippen molar-refractivity contribution in [1.29, 1.82) is 0 Å². The van der Waals surface area contributed by atoms with Crippen LogP contribution >= 0.6 is 0 Å². The second-order valence-electron chi connectivity index (χ2n) is 5.36. The first-order chi connectivity index (χ1) is 12.0. The Balaban J connectivity index is 2.12. The first-order valence-corrected chi connectivity index (χ1v) is 7.37. The third-order valence-corrected chi connectivity index (χ3v) is 3.49. The number of pyridine rings is 1. The molecule has 3 rings (SSSR count). The first-order valence-electron chi connectivity index (χ1n) is 7.37. The summed E-state index contributed by atoms with van der Waals surface area (Å²) in [4.78, 5) is 23.4. The second-order valence-corrected chi connectivity index (χ2v) is 5.36. The largest absolute Gasteiger partial charge is 0.394 e. The molecule has 0 aliphatic carbocycles. The average molecular weight is 338 g/mol. The van der Waals surface area contributed by atoms with Gasteiger partial charge in [-0.1, -0.05) is 17.7 Å². The van der Waals surface area contributed by atoms with E-state index in [0.29, 0.717) is 5.69 Å². The van der Waals surface area contributed by atoms with Crippen molar-refractivity contribution < 1.29 is 9.18 Å². The van der Waals surface area contributed by atoms with Crippen LogP contribution in [0.25, 0.3) is 11.4 Å². The molecule has 5 N–H and O–H groups in total. The number of nitrogens with two attached hydrogens (primary N) is 2. The predicted molar refractivity (Wildman–Crippen MR) is 92.6 cm³/mol.